The molecule has 0 spiro atoms. The number of fused-ring (bicyclic) bond motifs is 12. The molecule has 0 bridgehead atoms. The van der Waals surface area contributed by atoms with E-state index in [1.54, 1.807) is 0 Å². The Bertz CT molecular complexity index is 3740. The molecule has 12 aromatic rings. The highest BCUT2D eigenvalue weighted by Gasteiger charge is 2.35. The number of hydrogen-bond acceptors (Lipinski definition) is 4. The summed E-state index contributed by atoms with van der Waals surface area (Å²) in [6, 6.07) is 68.2. The van der Waals surface area contributed by atoms with Gasteiger partial charge in [0.1, 0.15) is 22.3 Å². The molecule has 1 aliphatic rings. The van der Waals surface area contributed by atoms with Crippen LogP contribution < -0.4 is 4.90 Å². The van der Waals surface area contributed by atoms with Gasteiger partial charge in [0.05, 0.1) is 0 Å². The third kappa shape index (κ3) is 5.16. The molecule has 0 amide bonds. The van der Waals surface area contributed by atoms with Crippen LogP contribution in [0.3, 0.4) is 0 Å². The molecular weight excluding hydrogens is 763 g/mol. The lowest BCUT2D eigenvalue weighted by molar-refractivity contribution is 0.660. The molecule has 61 heavy (non-hydrogen) atoms. The Kier molecular flexibility index (Phi) is 7.23. The second-order valence-electron chi connectivity index (χ2n) is 16.9. The van der Waals surface area contributed by atoms with Crippen molar-refractivity contribution in [1.29, 1.82) is 0 Å². The minimum absolute atomic E-state index is 0.133. The Morgan fingerprint density at radius 2 is 1.03 bits per heavy atom. The van der Waals surface area contributed by atoms with Crippen molar-refractivity contribution >= 4 is 92.4 Å². The molecule has 0 fully saturated rings. The van der Waals surface area contributed by atoms with Crippen molar-refractivity contribution in [3.8, 4) is 33.4 Å². The minimum atomic E-state index is -0.133. The lowest BCUT2D eigenvalue weighted by atomic mass is 9.82. The predicted octanol–water partition coefficient (Wildman–Crippen LogP) is 17.0. The molecule has 13 rings (SSSR count). The number of anilines is 3. The van der Waals surface area contributed by atoms with Crippen LogP contribution in [0, 0.1) is 0 Å². The SMILES string of the molecule is CC1(C)c2ccccc2-c2ccc(N(c3ccc(-c4ccc5c(c4)sc4ccccc45)cc3)c3ccc4oc5cc6c(cc5c4c3)oc3cccc(-c4ccccc4)c36)cc21. The quantitative estimate of drug-likeness (QED) is 0.174. The van der Waals surface area contributed by atoms with Gasteiger partial charge in [0.2, 0.25) is 0 Å². The molecule has 3 heterocycles. The first-order valence-electron chi connectivity index (χ1n) is 20.9. The summed E-state index contributed by atoms with van der Waals surface area (Å²) in [5.74, 6) is 0. The first-order chi connectivity index (χ1) is 30.0. The molecule has 4 heteroatoms. The fraction of sp³-hybridized carbons (Fsp3) is 0.0526. The van der Waals surface area contributed by atoms with Gasteiger partial charge in [-0.15, -0.1) is 11.3 Å². The average Bonchev–Trinajstić information content (AvgIpc) is 4.03. The molecule has 1 aliphatic carbocycles. The molecule has 0 saturated heterocycles. The Hall–Kier alpha value is -7.40. The molecule has 0 unspecified atom stereocenters. The second kappa shape index (κ2) is 12.8. The molecule has 0 radical (unpaired) electrons. The van der Waals surface area contributed by atoms with Gasteiger partial charge in [-0.1, -0.05) is 129 Å². The summed E-state index contributed by atoms with van der Waals surface area (Å²) in [6.45, 7) is 4.69. The van der Waals surface area contributed by atoms with Gasteiger partial charge in [0.25, 0.3) is 0 Å². The summed E-state index contributed by atoms with van der Waals surface area (Å²) in [7, 11) is 0. The van der Waals surface area contributed by atoms with Crippen LogP contribution in [0.4, 0.5) is 17.1 Å². The molecular formula is C57H37NO2S. The van der Waals surface area contributed by atoms with Crippen LogP contribution in [-0.2, 0) is 5.41 Å². The Morgan fingerprint density at radius 3 is 1.93 bits per heavy atom. The molecule has 3 aromatic heterocycles. The number of rotatable bonds is 5. The van der Waals surface area contributed by atoms with E-state index in [0.717, 1.165) is 72.1 Å². The number of benzene rings is 9. The van der Waals surface area contributed by atoms with E-state index < -0.39 is 0 Å². The Labute approximate surface area is 356 Å². The van der Waals surface area contributed by atoms with Crippen molar-refractivity contribution in [2.24, 2.45) is 0 Å². The van der Waals surface area contributed by atoms with Crippen molar-refractivity contribution in [2.75, 3.05) is 4.90 Å². The fourth-order valence-electron chi connectivity index (χ4n) is 10.1. The van der Waals surface area contributed by atoms with E-state index >= 15 is 0 Å². The third-order valence-corrected chi connectivity index (χ3v) is 14.2. The highest BCUT2D eigenvalue weighted by atomic mass is 32.1. The van der Waals surface area contributed by atoms with Gasteiger partial charge >= 0.3 is 0 Å². The van der Waals surface area contributed by atoms with Gasteiger partial charge in [-0.05, 0) is 117 Å². The van der Waals surface area contributed by atoms with E-state index in [0.29, 0.717) is 0 Å². The van der Waals surface area contributed by atoms with Crippen molar-refractivity contribution in [2.45, 2.75) is 19.3 Å². The van der Waals surface area contributed by atoms with Gasteiger partial charge in [0.15, 0.2) is 0 Å². The van der Waals surface area contributed by atoms with Crippen molar-refractivity contribution in [1.82, 2.24) is 0 Å². The van der Waals surface area contributed by atoms with E-state index in [1.807, 2.05) is 11.3 Å². The maximum absolute atomic E-state index is 6.65. The van der Waals surface area contributed by atoms with E-state index in [1.165, 1.54) is 53.6 Å². The smallest absolute Gasteiger partial charge is 0.136 e. The molecule has 0 N–H and O–H groups in total. The normalized spacial score (nSPS) is 13.2. The van der Waals surface area contributed by atoms with Crippen LogP contribution in [0.5, 0.6) is 0 Å². The largest absolute Gasteiger partial charge is 0.456 e. The topological polar surface area (TPSA) is 29.5 Å². The monoisotopic (exact) mass is 799 g/mol. The van der Waals surface area contributed by atoms with Crippen LogP contribution in [0.25, 0.3) is 97.4 Å². The predicted molar refractivity (Wildman–Crippen MR) is 257 cm³/mol. The lowest BCUT2D eigenvalue weighted by Gasteiger charge is -2.28. The molecule has 0 atom stereocenters. The van der Waals surface area contributed by atoms with Gasteiger partial charge < -0.3 is 13.7 Å². The van der Waals surface area contributed by atoms with Crippen molar-refractivity contribution in [3.63, 3.8) is 0 Å². The fourth-order valence-corrected chi connectivity index (χ4v) is 11.2. The molecule has 9 aromatic carbocycles. The number of furan rings is 2. The van der Waals surface area contributed by atoms with E-state index in [4.69, 9.17) is 8.83 Å². The first-order valence-corrected chi connectivity index (χ1v) is 21.7. The molecule has 288 valence electrons. The van der Waals surface area contributed by atoms with Crippen molar-refractivity contribution < 1.29 is 8.83 Å². The molecule has 3 nitrogen and oxygen atoms in total. The third-order valence-electron chi connectivity index (χ3n) is 13.1. The van der Waals surface area contributed by atoms with Gasteiger partial charge in [-0.25, -0.2) is 0 Å². The summed E-state index contributed by atoms with van der Waals surface area (Å²) in [6.07, 6.45) is 0. The van der Waals surface area contributed by atoms with Crippen LogP contribution in [0.1, 0.15) is 25.0 Å². The van der Waals surface area contributed by atoms with Gasteiger partial charge in [0, 0.05) is 64.2 Å². The summed E-state index contributed by atoms with van der Waals surface area (Å²) in [4.78, 5) is 2.39. The summed E-state index contributed by atoms with van der Waals surface area (Å²) < 4.78 is 15.9. The summed E-state index contributed by atoms with van der Waals surface area (Å²) in [5, 5.41) is 6.87. The van der Waals surface area contributed by atoms with Crippen LogP contribution in [0.15, 0.2) is 197 Å². The van der Waals surface area contributed by atoms with Crippen LogP contribution in [-0.4, -0.2) is 0 Å². The van der Waals surface area contributed by atoms with Crippen LogP contribution >= 0.6 is 11.3 Å². The zero-order chi connectivity index (χ0) is 40.4. The van der Waals surface area contributed by atoms with E-state index in [9.17, 15) is 0 Å². The Morgan fingerprint density at radius 1 is 0.377 bits per heavy atom. The minimum Gasteiger partial charge on any atom is -0.456 e. The highest BCUT2D eigenvalue weighted by Crippen LogP contribution is 2.51. The number of thiophene rings is 1. The van der Waals surface area contributed by atoms with Gasteiger partial charge in [-0.2, -0.15) is 0 Å². The molecule has 0 aliphatic heterocycles. The maximum Gasteiger partial charge on any atom is 0.136 e. The summed E-state index contributed by atoms with van der Waals surface area (Å²) in [5.41, 5.74) is 16.6. The van der Waals surface area contributed by atoms with E-state index in [-0.39, 0.29) is 5.41 Å². The first kappa shape index (κ1) is 34.5. The zero-order valence-corrected chi connectivity index (χ0v) is 34.4. The zero-order valence-electron chi connectivity index (χ0n) is 33.6. The lowest BCUT2D eigenvalue weighted by Crippen LogP contribution is -2.16. The maximum atomic E-state index is 6.65. The Balaban J connectivity index is 0.963. The van der Waals surface area contributed by atoms with Gasteiger partial charge in [-0.3, -0.25) is 0 Å². The standard InChI is InChI=1S/C57H37NO2S/c1-57(2)48-16-8-6-13-41(48)42-27-24-39(31-49(42)57)58(37-22-19-34(20-23-37)36-21-26-44-43-14-7-9-18-54(43)61-55(44)29-36)38-25-28-50-45(30-38)46-32-53-47(33-52(46)59-50)56-40(15-10-17-51(56)60-53)35-11-4-3-5-12-35/h3-33H,1-2H3. The highest BCUT2D eigenvalue weighted by molar-refractivity contribution is 7.25. The second-order valence-corrected chi connectivity index (χ2v) is 17.9. The average molecular weight is 800 g/mol. The number of nitrogens with zero attached hydrogens (tertiary/aromatic N) is 1. The van der Waals surface area contributed by atoms with E-state index in [2.05, 4.69) is 207 Å². The van der Waals surface area contributed by atoms with Crippen LogP contribution in [0.2, 0.25) is 0 Å². The van der Waals surface area contributed by atoms with Crippen molar-refractivity contribution in [3.05, 3.63) is 199 Å². The molecule has 0 saturated carbocycles. The number of hydrogen-bond donors (Lipinski definition) is 0. The summed E-state index contributed by atoms with van der Waals surface area (Å²) >= 11 is 1.86.